The zero-order chi connectivity index (χ0) is 15.2. The number of nitrogen functional groups attached to an aromatic ring is 1. The second-order valence-electron chi connectivity index (χ2n) is 5.57. The summed E-state index contributed by atoms with van der Waals surface area (Å²) in [5.74, 6) is 5.51. The van der Waals surface area contributed by atoms with Gasteiger partial charge in [-0.15, -0.1) is 0 Å². The predicted octanol–water partition coefficient (Wildman–Crippen LogP) is 3.04. The van der Waals surface area contributed by atoms with E-state index in [0.717, 1.165) is 12.1 Å². The lowest BCUT2D eigenvalue weighted by Gasteiger charge is -2.33. The van der Waals surface area contributed by atoms with E-state index in [4.69, 9.17) is 5.84 Å². The average Bonchev–Trinajstić information content (AvgIpc) is 2.52. The lowest BCUT2D eigenvalue weighted by molar-refractivity contribution is -0.384. The summed E-state index contributed by atoms with van der Waals surface area (Å²) in [6.45, 7) is 3.78. The van der Waals surface area contributed by atoms with Crippen LogP contribution in [0.4, 0.5) is 11.4 Å². The molecule has 1 aliphatic carbocycles. The Morgan fingerprint density at radius 2 is 2.10 bits per heavy atom. The van der Waals surface area contributed by atoms with Gasteiger partial charge in [0.05, 0.1) is 4.92 Å². The highest BCUT2D eigenvalue weighted by Crippen LogP contribution is 2.30. The number of hydrogen-bond donors (Lipinski definition) is 2. The molecule has 21 heavy (non-hydrogen) atoms. The van der Waals surface area contributed by atoms with Gasteiger partial charge in [0.15, 0.2) is 0 Å². The van der Waals surface area contributed by atoms with E-state index in [9.17, 15) is 10.1 Å². The first kappa shape index (κ1) is 15.7. The maximum absolute atomic E-state index is 11.1. The number of rotatable bonds is 6. The van der Waals surface area contributed by atoms with E-state index in [-0.39, 0.29) is 5.69 Å². The highest BCUT2D eigenvalue weighted by atomic mass is 16.6. The Hall–Kier alpha value is -1.66. The quantitative estimate of drug-likeness (QED) is 0.478. The van der Waals surface area contributed by atoms with E-state index in [1.165, 1.54) is 38.2 Å². The molecule has 0 saturated heterocycles. The fourth-order valence-electron chi connectivity index (χ4n) is 3.20. The van der Waals surface area contributed by atoms with Crippen LogP contribution >= 0.6 is 0 Å². The number of hydrogen-bond acceptors (Lipinski definition) is 5. The van der Waals surface area contributed by atoms with Crippen molar-refractivity contribution >= 4 is 11.4 Å². The van der Waals surface area contributed by atoms with Crippen LogP contribution in [0.2, 0.25) is 0 Å². The molecule has 0 radical (unpaired) electrons. The second kappa shape index (κ2) is 7.38. The van der Waals surface area contributed by atoms with E-state index in [1.807, 2.05) is 6.07 Å². The highest BCUT2D eigenvalue weighted by Gasteiger charge is 2.23. The van der Waals surface area contributed by atoms with Crippen molar-refractivity contribution in [3.05, 3.63) is 33.9 Å². The van der Waals surface area contributed by atoms with Crippen LogP contribution < -0.4 is 11.3 Å². The predicted molar refractivity (Wildman–Crippen MR) is 83.9 cm³/mol. The largest absolute Gasteiger partial charge is 0.318 e. The normalized spacial score (nSPS) is 16.1. The molecule has 1 aromatic rings. The van der Waals surface area contributed by atoms with Crippen molar-refractivity contribution in [1.82, 2.24) is 4.90 Å². The number of nitro benzene ring substituents is 1. The van der Waals surface area contributed by atoms with Crippen molar-refractivity contribution in [3.63, 3.8) is 0 Å². The lowest BCUT2D eigenvalue weighted by atomic mass is 9.93. The molecule has 0 atom stereocenters. The van der Waals surface area contributed by atoms with Crippen LogP contribution in [0, 0.1) is 10.1 Å². The third-order valence-electron chi connectivity index (χ3n) is 4.34. The number of hydrazine groups is 1. The summed E-state index contributed by atoms with van der Waals surface area (Å²) in [6.07, 6.45) is 6.30. The van der Waals surface area contributed by atoms with Crippen LogP contribution in [0.1, 0.15) is 44.6 Å². The number of nitrogens with two attached hydrogens (primary N) is 1. The summed E-state index contributed by atoms with van der Waals surface area (Å²) in [6, 6.07) is 5.69. The van der Waals surface area contributed by atoms with Crippen molar-refractivity contribution in [3.8, 4) is 0 Å². The van der Waals surface area contributed by atoms with Gasteiger partial charge in [0, 0.05) is 18.7 Å². The molecule has 0 unspecified atom stereocenters. The van der Waals surface area contributed by atoms with Gasteiger partial charge in [0.25, 0.3) is 5.69 Å². The van der Waals surface area contributed by atoms with Crippen molar-refractivity contribution in [1.29, 1.82) is 0 Å². The fraction of sp³-hybridized carbons (Fsp3) is 0.600. The first-order valence-electron chi connectivity index (χ1n) is 7.64. The summed E-state index contributed by atoms with van der Waals surface area (Å²) in [4.78, 5) is 13.1. The molecule has 6 heteroatoms. The third kappa shape index (κ3) is 3.71. The molecule has 6 nitrogen and oxygen atoms in total. The maximum atomic E-state index is 11.1. The minimum Gasteiger partial charge on any atom is -0.318 e. The summed E-state index contributed by atoms with van der Waals surface area (Å²) in [5, 5.41) is 11.1. The number of anilines is 1. The van der Waals surface area contributed by atoms with Crippen LogP contribution in [0.15, 0.2) is 18.2 Å². The van der Waals surface area contributed by atoms with Gasteiger partial charge >= 0.3 is 0 Å². The molecule has 0 aromatic heterocycles. The van der Waals surface area contributed by atoms with Crippen molar-refractivity contribution in [2.45, 2.75) is 51.6 Å². The molecule has 0 heterocycles. The molecule has 1 aromatic carbocycles. The monoisotopic (exact) mass is 292 g/mol. The molecule has 1 saturated carbocycles. The van der Waals surface area contributed by atoms with Crippen molar-refractivity contribution < 1.29 is 4.92 Å². The topological polar surface area (TPSA) is 84.4 Å². The van der Waals surface area contributed by atoms with Crippen LogP contribution in [-0.2, 0) is 6.54 Å². The van der Waals surface area contributed by atoms with E-state index in [0.29, 0.717) is 18.3 Å². The molecular weight excluding hydrogens is 268 g/mol. The van der Waals surface area contributed by atoms with Crippen molar-refractivity contribution in [2.24, 2.45) is 5.84 Å². The Morgan fingerprint density at radius 3 is 2.67 bits per heavy atom. The van der Waals surface area contributed by atoms with Gasteiger partial charge in [-0.05, 0) is 24.9 Å². The van der Waals surface area contributed by atoms with Gasteiger partial charge in [0.1, 0.15) is 5.69 Å². The minimum atomic E-state index is -0.393. The molecule has 3 N–H and O–H groups in total. The van der Waals surface area contributed by atoms with E-state index in [1.54, 1.807) is 6.07 Å². The van der Waals surface area contributed by atoms with Crippen molar-refractivity contribution in [2.75, 3.05) is 12.0 Å². The molecule has 1 fully saturated rings. The fourth-order valence-corrected chi connectivity index (χ4v) is 3.20. The number of benzene rings is 1. The van der Waals surface area contributed by atoms with Gasteiger partial charge in [-0.2, -0.15) is 0 Å². The zero-order valence-electron chi connectivity index (χ0n) is 12.5. The van der Waals surface area contributed by atoms with Gasteiger partial charge in [-0.1, -0.05) is 38.3 Å². The minimum absolute atomic E-state index is 0.0368. The van der Waals surface area contributed by atoms with E-state index >= 15 is 0 Å². The number of nitrogens with zero attached hydrogens (tertiary/aromatic N) is 2. The second-order valence-corrected chi connectivity index (χ2v) is 5.57. The standard InChI is InChI=1S/C15H24N4O2/c1-2-18(13-8-4-3-5-9-13)11-12-7-6-10-14(19(20)21)15(12)17-16/h6-7,10,13,17H,2-5,8-9,11,16H2,1H3. The SMILES string of the molecule is CCN(Cc1cccc([N+](=O)[O-])c1NN)C1CCCCC1. The number of nitro groups is 1. The first-order valence-corrected chi connectivity index (χ1v) is 7.64. The van der Waals surface area contributed by atoms with Gasteiger partial charge < -0.3 is 5.43 Å². The summed E-state index contributed by atoms with van der Waals surface area (Å²) in [7, 11) is 0. The Labute approximate surface area is 125 Å². The molecule has 2 rings (SSSR count). The maximum Gasteiger partial charge on any atom is 0.293 e. The number of para-hydroxylation sites is 1. The Balaban J connectivity index is 2.20. The Bertz CT molecular complexity index is 487. The summed E-state index contributed by atoms with van der Waals surface area (Å²) < 4.78 is 0. The number of nitrogens with one attached hydrogen (secondary N) is 1. The lowest BCUT2D eigenvalue weighted by Crippen LogP contribution is -2.36. The van der Waals surface area contributed by atoms with Gasteiger partial charge in [0.2, 0.25) is 0 Å². The van der Waals surface area contributed by atoms with Crippen LogP contribution in [-0.4, -0.2) is 22.4 Å². The first-order chi connectivity index (χ1) is 10.2. The highest BCUT2D eigenvalue weighted by molar-refractivity contribution is 5.65. The van der Waals surface area contributed by atoms with E-state index < -0.39 is 4.92 Å². The zero-order valence-corrected chi connectivity index (χ0v) is 12.5. The Kier molecular flexibility index (Phi) is 5.52. The van der Waals surface area contributed by atoms with Gasteiger partial charge in [-0.25, -0.2) is 0 Å². The van der Waals surface area contributed by atoms with Crippen LogP contribution in [0.5, 0.6) is 0 Å². The summed E-state index contributed by atoms with van der Waals surface area (Å²) >= 11 is 0. The summed E-state index contributed by atoms with van der Waals surface area (Å²) in [5.41, 5.74) is 3.86. The molecular formula is C15H24N4O2. The average molecular weight is 292 g/mol. The molecule has 116 valence electrons. The molecule has 1 aliphatic rings. The Morgan fingerprint density at radius 1 is 1.38 bits per heavy atom. The molecule has 0 amide bonds. The van der Waals surface area contributed by atoms with Crippen LogP contribution in [0.25, 0.3) is 0 Å². The van der Waals surface area contributed by atoms with Gasteiger partial charge in [-0.3, -0.25) is 20.9 Å². The molecule has 0 spiro atoms. The molecule has 0 aliphatic heterocycles. The van der Waals surface area contributed by atoms with E-state index in [2.05, 4.69) is 17.2 Å². The smallest absolute Gasteiger partial charge is 0.293 e. The van der Waals surface area contributed by atoms with Crippen LogP contribution in [0.3, 0.4) is 0 Å². The molecule has 0 bridgehead atoms. The third-order valence-corrected chi connectivity index (χ3v) is 4.34.